The first-order valence-electron chi connectivity index (χ1n) is 8.90. The molecule has 0 radical (unpaired) electrons. The number of aromatic amines is 1. The number of anilines is 2. The van der Waals surface area contributed by atoms with Gasteiger partial charge in [0.15, 0.2) is 11.7 Å². The van der Waals surface area contributed by atoms with Gasteiger partial charge in [0.25, 0.3) is 11.7 Å². The lowest BCUT2D eigenvalue weighted by Gasteiger charge is -2.27. The van der Waals surface area contributed by atoms with Gasteiger partial charge in [-0.2, -0.15) is 0 Å². The third-order valence-electron chi connectivity index (χ3n) is 4.70. The Balaban J connectivity index is 1.31. The van der Waals surface area contributed by atoms with Crippen LogP contribution in [0.4, 0.5) is 10.9 Å². The van der Waals surface area contributed by atoms with Crippen molar-refractivity contribution in [1.82, 2.24) is 4.98 Å². The maximum absolute atomic E-state index is 12.4. The first-order valence-corrected chi connectivity index (χ1v) is 9.71. The largest absolute Gasteiger partial charge is 0.321 e. The Morgan fingerprint density at radius 1 is 1.31 bits per heavy atom. The molecule has 0 atom stereocenters. The van der Waals surface area contributed by atoms with Crippen molar-refractivity contribution < 1.29 is 14.7 Å². The van der Waals surface area contributed by atoms with E-state index in [1.54, 1.807) is 0 Å². The van der Waals surface area contributed by atoms with Crippen molar-refractivity contribution in [1.29, 1.82) is 0 Å². The highest BCUT2D eigenvalue weighted by molar-refractivity contribution is 7.22. The number of carbonyl (C=O) groups excluding carboxylic acids is 1. The molecule has 0 unspecified atom stereocenters. The number of nitrogens with zero attached hydrogens (tertiary/aromatic N) is 2. The minimum Gasteiger partial charge on any atom is -0.321 e. The van der Waals surface area contributed by atoms with Crippen LogP contribution in [-0.2, 0) is 4.79 Å². The standard InChI is InChI=1S/C19H21N5OS/c1-14-5-6-15-16(12-14)26-19(21-15)22-18(25)13-23-8-10-24(11-9-23)17-4-2-3-7-20-17/h2-7,12H,8-11,13H2,1H3,(H,21,22,25)/p+2. The summed E-state index contributed by atoms with van der Waals surface area (Å²) in [5.41, 5.74) is 2.15. The molecule has 1 aliphatic heterocycles. The molecule has 1 fully saturated rings. The topological polar surface area (TPSA) is 63.8 Å². The summed E-state index contributed by atoms with van der Waals surface area (Å²) in [5.74, 6) is 1.18. The maximum atomic E-state index is 12.4. The van der Waals surface area contributed by atoms with E-state index in [4.69, 9.17) is 0 Å². The van der Waals surface area contributed by atoms with Gasteiger partial charge < -0.3 is 4.90 Å². The molecule has 134 valence electrons. The van der Waals surface area contributed by atoms with Gasteiger partial charge in [0.1, 0.15) is 26.2 Å². The Kier molecular flexibility index (Phi) is 4.81. The summed E-state index contributed by atoms with van der Waals surface area (Å²) >= 11 is 1.53. The lowest BCUT2D eigenvalue weighted by atomic mass is 10.2. The molecule has 0 bridgehead atoms. The lowest BCUT2D eigenvalue weighted by molar-refractivity contribution is -0.892. The van der Waals surface area contributed by atoms with Gasteiger partial charge in [-0.1, -0.05) is 23.5 Å². The maximum Gasteiger partial charge on any atom is 0.281 e. The van der Waals surface area contributed by atoms with Crippen molar-refractivity contribution in [3.05, 3.63) is 48.2 Å². The number of H-pyrrole nitrogens is 1. The number of hydrogen-bond acceptors (Lipinski definition) is 4. The fourth-order valence-electron chi connectivity index (χ4n) is 3.30. The van der Waals surface area contributed by atoms with Crippen molar-refractivity contribution in [3.8, 4) is 0 Å². The summed E-state index contributed by atoms with van der Waals surface area (Å²) in [6.07, 6.45) is 1.95. The van der Waals surface area contributed by atoms with E-state index in [1.165, 1.54) is 21.8 Å². The molecule has 3 N–H and O–H groups in total. The second kappa shape index (κ2) is 7.39. The second-order valence-corrected chi connectivity index (χ2v) is 7.73. The average Bonchev–Trinajstić information content (AvgIpc) is 3.04. The van der Waals surface area contributed by atoms with Crippen LogP contribution in [0.25, 0.3) is 10.2 Å². The van der Waals surface area contributed by atoms with Crippen molar-refractivity contribution in [2.45, 2.75) is 6.92 Å². The van der Waals surface area contributed by atoms with Crippen molar-refractivity contribution in [2.24, 2.45) is 0 Å². The van der Waals surface area contributed by atoms with Gasteiger partial charge in [-0.25, -0.2) is 9.97 Å². The van der Waals surface area contributed by atoms with Crippen LogP contribution < -0.4 is 20.1 Å². The number of nitrogens with one attached hydrogen (secondary N) is 3. The third-order valence-corrected chi connectivity index (χ3v) is 5.64. The molecule has 1 aliphatic rings. The summed E-state index contributed by atoms with van der Waals surface area (Å²) < 4.78 is 1.11. The lowest BCUT2D eigenvalue weighted by Crippen LogP contribution is -3.15. The van der Waals surface area contributed by atoms with Gasteiger partial charge in [0, 0.05) is 6.07 Å². The summed E-state index contributed by atoms with van der Waals surface area (Å²) in [6.45, 7) is 6.35. The van der Waals surface area contributed by atoms with Gasteiger partial charge in [0.05, 0.1) is 16.4 Å². The number of fused-ring (bicyclic) bond motifs is 1. The van der Waals surface area contributed by atoms with Crippen LogP contribution in [0.1, 0.15) is 5.56 Å². The molecule has 3 heterocycles. The van der Waals surface area contributed by atoms with Crippen LogP contribution in [0, 0.1) is 6.92 Å². The number of amides is 1. The van der Waals surface area contributed by atoms with Gasteiger partial charge in [0.2, 0.25) is 0 Å². The van der Waals surface area contributed by atoms with Crippen LogP contribution in [0.2, 0.25) is 0 Å². The van der Waals surface area contributed by atoms with E-state index < -0.39 is 0 Å². The number of thiazole rings is 1. The molecule has 1 amide bonds. The monoisotopic (exact) mass is 369 g/mol. The van der Waals surface area contributed by atoms with Gasteiger partial charge in [-0.3, -0.25) is 15.0 Å². The number of aromatic nitrogens is 2. The predicted molar refractivity (Wildman–Crippen MR) is 104 cm³/mol. The average molecular weight is 369 g/mol. The minimum atomic E-state index is 0.0375. The number of rotatable bonds is 4. The van der Waals surface area contributed by atoms with E-state index in [-0.39, 0.29) is 5.91 Å². The number of pyridine rings is 1. The molecule has 0 saturated carbocycles. The van der Waals surface area contributed by atoms with Gasteiger partial charge in [-0.15, -0.1) is 0 Å². The zero-order valence-corrected chi connectivity index (χ0v) is 15.6. The fraction of sp³-hybridized carbons (Fsp3) is 0.316. The zero-order chi connectivity index (χ0) is 17.9. The summed E-state index contributed by atoms with van der Waals surface area (Å²) in [4.78, 5) is 23.8. The van der Waals surface area contributed by atoms with E-state index in [1.807, 2.05) is 30.5 Å². The number of hydrogen-bond donors (Lipinski definition) is 2. The van der Waals surface area contributed by atoms with Crippen LogP contribution in [-0.4, -0.2) is 43.6 Å². The SMILES string of the molecule is Cc1ccc2nc(NC(=O)C[NH+]3CCN(c4cccc[nH+]4)CC3)sc2c1. The molecule has 4 rings (SSSR count). The minimum absolute atomic E-state index is 0.0375. The fourth-order valence-corrected chi connectivity index (χ4v) is 4.28. The van der Waals surface area contributed by atoms with Crippen molar-refractivity contribution in [2.75, 3.05) is 42.9 Å². The van der Waals surface area contributed by atoms with E-state index in [2.05, 4.69) is 39.2 Å². The first kappa shape index (κ1) is 16.9. The van der Waals surface area contributed by atoms with Crippen LogP contribution in [0.3, 0.4) is 0 Å². The quantitative estimate of drug-likeness (QED) is 0.714. The Morgan fingerprint density at radius 2 is 2.15 bits per heavy atom. The normalized spacial score (nSPS) is 15.3. The van der Waals surface area contributed by atoms with Crippen LogP contribution in [0.15, 0.2) is 42.6 Å². The first-order chi connectivity index (χ1) is 12.7. The van der Waals surface area contributed by atoms with E-state index >= 15 is 0 Å². The second-order valence-electron chi connectivity index (χ2n) is 6.70. The summed E-state index contributed by atoms with van der Waals surface area (Å²) in [7, 11) is 0. The Morgan fingerprint density at radius 3 is 2.92 bits per heavy atom. The Labute approximate surface area is 156 Å². The molecule has 3 aromatic rings. The third kappa shape index (κ3) is 3.84. The predicted octanol–water partition coefficient (Wildman–Crippen LogP) is 0.762. The molecular weight excluding hydrogens is 346 g/mol. The molecule has 0 aliphatic carbocycles. The number of quaternary nitrogens is 1. The molecule has 1 saturated heterocycles. The summed E-state index contributed by atoms with van der Waals surface area (Å²) in [6, 6.07) is 12.3. The van der Waals surface area contributed by atoms with E-state index in [0.29, 0.717) is 11.7 Å². The van der Waals surface area contributed by atoms with E-state index in [0.717, 1.165) is 42.2 Å². The molecule has 1 aromatic carbocycles. The highest BCUT2D eigenvalue weighted by Crippen LogP contribution is 2.26. The Bertz CT molecular complexity index is 903. The molecule has 26 heavy (non-hydrogen) atoms. The zero-order valence-electron chi connectivity index (χ0n) is 14.8. The van der Waals surface area contributed by atoms with Crippen molar-refractivity contribution in [3.63, 3.8) is 0 Å². The molecule has 0 spiro atoms. The van der Waals surface area contributed by atoms with Crippen LogP contribution >= 0.6 is 11.3 Å². The number of aryl methyl sites for hydroxylation is 1. The van der Waals surface area contributed by atoms with E-state index in [9.17, 15) is 4.79 Å². The number of benzene rings is 1. The van der Waals surface area contributed by atoms with Crippen LogP contribution in [0.5, 0.6) is 0 Å². The Hall–Kier alpha value is -2.51. The molecule has 6 nitrogen and oxygen atoms in total. The highest BCUT2D eigenvalue weighted by Gasteiger charge is 2.27. The highest BCUT2D eigenvalue weighted by atomic mass is 32.1. The van der Waals surface area contributed by atoms with Crippen molar-refractivity contribution >= 4 is 38.4 Å². The number of piperazine rings is 1. The van der Waals surface area contributed by atoms with Gasteiger partial charge >= 0.3 is 0 Å². The van der Waals surface area contributed by atoms with Gasteiger partial charge in [-0.05, 0) is 30.7 Å². The molecule has 2 aromatic heterocycles. The number of carbonyl (C=O) groups is 1. The smallest absolute Gasteiger partial charge is 0.281 e. The summed E-state index contributed by atoms with van der Waals surface area (Å²) in [5, 5.41) is 3.66. The molecule has 7 heteroatoms. The molecular formula is C19H23N5OS+2.